The fourth-order valence-electron chi connectivity index (χ4n) is 1.92. The Hall–Kier alpha value is -1.11. The van der Waals surface area contributed by atoms with Crippen molar-refractivity contribution in [2.24, 2.45) is 0 Å². The van der Waals surface area contributed by atoms with Crippen LogP contribution in [0.2, 0.25) is 0 Å². The van der Waals surface area contributed by atoms with Gasteiger partial charge in [0.15, 0.2) is 0 Å². The van der Waals surface area contributed by atoms with Crippen LogP contribution < -0.4 is 0 Å². The highest BCUT2D eigenvalue weighted by Gasteiger charge is 2.17. The third-order valence-electron chi connectivity index (χ3n) is 2.88. The number of thioether (sulfide) groups is 1. The molecule has 18 heavy (non-hydrogen) atoms. The maximum absolute atomic E-state index is 10.7. The Labute approximate surface area is 109 Å². The lowest BCUT2D eigenvalue weighted by molar-refractivity contribution is -0.385. The van der Waals surface area contributed by atoms with Crippen LogP contribution in [0.15, 0.2) is 23.1 Å². The van der Waals surface area contributed by atoms with Crippen LogP contribution in [0.3, 0.4) is 0 Å². The first-order chi connectivity index (χ1) is 8.70. The zero-order valence-electron chi connectivity index (χ0n) is 9.87. The Kier molecular flexibility index (Phi) is 4.57. The molecule has 0 saturated carbocycles. The van der Waals surface area contributed by atoms with Crippen molar-refractivity contribution in [3.63, 3.8) is 0 Å². The zero-order valence-corrected chi connectivity index (χ0v) is 10.7. The van der Waals surface area contributed by atoms with Gasteiger partial charge in [0.05, 0.1) is 23.2 Å². The molecule has 0 radical (unpaired) electrons. The van der Waals surface area contributed by atoms with E-state index in [1.165, 1.54) is 6.07 Å². The van der Waals surface area contributed by atoms with E-state index in [1.54, 1.807) is 23.9 Å². The van der Waals surface area contributed by atoms with Crippen LogP contribution in [-0.2, 0) is 11.3 Å². The number of aliphatic hydroxyl groups excluding tert-OH is 1. The van der Waals surface area contributed by atoms with Gasteiger partial charge in [0, 0.05) is 23.3 Å². The summed E-state index contributed by atoms with van der Waals surface area (Å²) in [5.41, 5.74) is 0.330. The predicted molar refractivity (Wildman–Crippen MR) is 68.7 cm³/mol. The van der Waals surface area contributed by atoms with Gasteiger partial charge in [0.25, 0.3) is 5.69 Å². The van der Waals surface area contributed by atoms with Crippen LogP contribution in [0.25, 0.3) is 0 Å². The number of ether oxygens (including phenoxy) is 1. The number of rotatable bonds is 5. The van der Waals surface area contributed by atoms with Crippen molar-refractivity contribution in [3.05, 3.63) is 33.9 Å². The predicted octanol–water partition coefficient (Wildman–Crippen LogP) is 2.36. The summed E-state index contributed by atoms with van der Waals surface area (Å²) < 4.78 is 5.51. The van der Waals surface area contributed by atoms with Crippen molar-refractivity contribution in [2.45, 2.75) is 30.4 Å². The van der Waals surface area contributed by atoms with Gasteiger partial charge < -0.3 is 9.84 Å². The second kappa shape index (κ2) is 6.17. The average Bonchev–Trinajstić information content (AvgIpc) is 2.88. The number of nitro groups is 1. The Morgan fingerprint density at radius 3 is 3.00 bits per heavy atom. The molecule has 98 valence electrons. The van der Waals surface area contributed by atoms with E-state index in [4.69, 9.17) is 9.84 Å². The summed E-state index contributed by atoms with van der Waals surface area (Å²) in [5.74, 6) is 0.850. The molecule has 0 spiro atoms. The van der Waals surface area contributed by atoms with Crippen molar-refractivity contribution in [1.29, 1.82) is 0 Å². The minimum atomic E-state index is -0.472. The molecule has 6 heteroatoms. The number of aliphatic hydroxyl groups is 1. The van der Waals surface area contributed by atoms with Crippen molar-refractivity contribution in [1.82, 2.24) is 0 Å². The fraction of sp³-hybridized carbons (Fsp3) is 0.500. The molecule has 1 aliphatic heterocycles. The molecule has 0 aromatic heterocycles. The van der Waals surface area contributed by atoms with E-state index >= 15 is 0 Å². The first-order valence-electron chi connectivity index (χ1n) is 5.83. The Bertz CT molecular complexity index is 432. The van der Waals surface area contributed by atoms with E-state index in [9.17, 15) is 10.1 Å². The molecular weight excluding hydrogens is 254 g/mol. The highest BCUT2D eigenvalue weighted by atomic mass is 32.2. The van der Waals surface area contributed by atoms with Gasteiger partial charge >= 0.3 is 0 Å². The average molecular weight is 269 g/mol. The zero-order chi connectivity index (χ0) is 13.0. The summed E-state index contributed by atoms with van der Waals surface area (Å²) in [7, 11) is 0. The van der Waals surface area contributed by atoms with Gasteiger partial charge in [0.1, 0.15) is 0 Å². The lowest BCUT2D eigenvalue weighted by Crippen LogP contribution is -2.07. The first-order valence-corrected chi connectivity index (χ1v) is 6.82. The standard InChI is InChI=1S/C12H15NO4S/c14-7-9-6-11(3-4-12(9)13(15)16)18-8-10-2-1-5-17-10/h3-4,6,10,14H,1-2,5,7-8H2. The number of hydrogen-bond donors (Lipinski definition) is 1. The molecule has 0 bridgehead atoms. The Balaban J connectivity index is 2.02. The van der Waals surface area contributed by atoms with Gasteiger partial charge in [-0.25, -0.2) is 0 Å². The molecule has 2 rings (SSSR count). The van der Waals surface area contributed by atoms with E-state index in [0.717, 1.165) is 30.1 Å². The number of nitro benzene ring substituents is 1. The fourth-order valence-corrected chi connectivity index (χ4v) is 2.95. The number of benzene rings is 1. The van der Waals surface area contributed by atoms with Gasteiger partial charge in [0.2, 0.25) is 0 Å². The van der Waals surface area contributed by atoms with E-state index in [1.807, 2.05) is 0 Å². The minimum Gasteiger partial charge on any atom is -0.391 e. The van der Waals surface area contributed by atoms with Crippen molar-refractivity contribution in [2.75, 3.05) is 12.4 Å². The molecule has 1 aliphatic rings. The highest BCUT2D eigenvalue weighted by Crippen LogP contribution is 2.28. The molecule has 1 aromatic rings. The van der Waals surface area contributed by atoms with Gasteiger partial charge in [-0.15, -0.1) is 11.8 Å². The number of nitrogens with zero attached hydrogens (tertiary/aromatic N) is 1. The molecule has 1 fully saturated rings. The normalized spacial score (nSPS) is 19.1. The SMILES string of the molecule is O=[N+]([O-])c1ccc(SCC2CCCO2)cc1CO. The molecular formula is C12H15NO4S. The third kappa shape index (κ3) is 3.22. The summed E-state index contributed by atoms with van der Waals surface area (Å²) in [6.07, 6.45) is 2.46. The maximum Gasteiger partial charge on any atom is 0.274 e. The topological polar surface area (TPSA) is 72.6 Å². The molecule has 5 nitrogen and oxygen atoms in total. The largest absolute Gasteiger partial charge is 0.391 e. The van der Waals surface area contributed by atoms with Crippen LogP contribution in [0, 0.1) is 10.1 Å². The summed E-state index contributed by atoms with van der Waals surface area (Å²) in [6.45, 7) is 0.512. The Morgan fingerprint density at radius 1 is 1.56 bits per heavy atom. The van der Waals surface area contributed by atoms with Gasteiger partial charge in [-0.2, -0.15) is 0 Å². The molecule has 1 unspecified atom stereocenters. The first kappa shape index (κ1) is 13.3. The quantitative estimate of drug-likeness (QED) is 0.504. The lowest BCUT2D eigenvalue weighted by atomic mass is 10.2. The van der Waals surface area contributed by atoms with E-state index in [0.29, 0.717) is 5.56 Å². The van der Waals surface area contributed by atoms with Crippen LogP contribution in [-0.4, -0.2) is 28.5 Å². The van der Waals surface area contributed by atoms with E-state index in [2.05, 4.69) is 0 Å². The van der Waals surface area contributed by atoms with Crippen LogP contribution in [0.5, 0.6) is 0 Å². The molecule has 1 saturated heterocycles. The minimum absolute atomic E-state index is 0.0287. The molecule has 1 atom stereocenters. The molecule has 1 N–H and O–H groups in total. The smallest absolute Gasteiger partial charge is 0.274 e. The molecule has 1 heterocycles. The summed E-state index contributed by atoms with van der Waals surface area (Å²) in [4.78, 5) is 11.2. The second-order valence-electron chi connectivity index (χ2n) is 4.15. The van der Waals surface area contributed by atoms with Gasteiger partial charge in [-0.1, -0.05) is 0 Å². The summed E-state index contributed by atoms with van der Waals surface area (Å²) in [5, 5.41) is 19.9. The highest BCUT2D eigenvalue weighted by molar-refractivity contribution is 7.99. The summed E-state index contributed by atoms with van der Waals surface area (Å²) >= 11 is 1.61. The van der Waals surface area contributed by atoms with Crippen LogP contribution in [0.4, 0.5) is 5.69 Å². The molecule has 0 amide bonds. The maximum atomic E-state index is 10.7. The monoisotopic (exact) mass is 269 g/mol. The molecule has 0 aliphatic carbocycles. The van der Waals surface area contributed by atoms with E-state index in [-0.39, 0.29) is 18.4 Å². The van der Waals surface area contributed by atoms with Crippen molar-refractivity contribution in [3.8, 4) is 0 Å². The third-order valence-corrected chi connectivity index (χ3v) is 4.00. The number of hydrogen-bond acceptors (Lipinski definition) is 5. The lowest BCUT2D eigenvalue weighted by Gasteiger charge is -2.09. The van der Waals surface area contributed by atoms with Crippen LogP contribution >= 0.6 is 11.8 Å². The Morgan fingerprint density at radius 2 is 2.39 bits per heavy atom. The second-order valence-corrected chi connectivity index (χ2v) is 5.25. The molecule has 1 aromatic carbocycles. The van der Waals surface area contributed by atoms with Crippen molar-refractivity contribution >= 4 is 17.4 Å². The van der Waals surface area contributed by atoms with Crippen molar-refractivity contribution < 1.29 is 14.8 Å². The summed E-state index contributed by atoms with van der Waals surface area (Å²) in [6, 6.07) is 4.85. The van der Waals surface area contributed by atoms with Gasteiger partial charge in [-0.3, -0.25) is 10.1 Å². The van der Waals surface area contributed by atoms with Crippen LogP contribution in [0.1, 0.15) is 18.4 Å². The van der Waals surface area contributed by atoms with E-state index < -0.39 is 4.92 Å². The van der Waals surface area contributed by atoms with Gasteiger partial charge in [-0.05, 0) is 25.0 Å².